The van der Waals surface area contributed by atoms with Crippen molar-refractivity contribution in [2.24, 2.45) is 7.05 Å². The van der Waals surface area contributed by atoms with Crippen LogP contribution in [0.15, 0.2) is 24.5 Å². The maximum absolute atomic E-state index is 13.0. The van der Waals surface area contributed by atoms with Crippen LogP contribution in [-0.4, -0.2) is 62.1 Å². The first kappa shape index (κ1) is 23.8. The van der Waals surface area contributed by atoms with E-state index >= 15 is 0 Å². The van der Waals surface area contributed by atoms with Crippen molar-refractivity contribution in [1.29, 1.82) is 0 Å². The average Bonchev–Trinajstić information content (AvgIpc) is 2.99. The summed E-state index contributed by atoms with van der Waals surface area (Å²) >= 11 is 0. The van der Waals surface area contributed by atoms with Gasteiger partial charge in [0.15, 0.2) is 0 Å². The molecule has 1 aromatic carbocycles. The number of aryl methyl sites for hydroxylation is 3. The Hall–Kier alpha value is -2.88. The van der Waals surface area contributed by atoms with E-state index in [1.54, 1.807) is 0 Å². The molecule has 1 atom stereocenters. The standard InChI is InChI=1S/C20H26N4O.C2HF3O2/c1-14-7-15(2)9-16(8-14)10-23-11-17(20(25)24-5-4-6-24)19-18(12-23)21-13-22(19)3;3-2(4,5)1(6)7/h7-9,13,17H,4-6,10-12H2,1-3H3;(H,6,7). The molecular formula is C22H27F3N4O3. The van der Waals surface area contributed by atoms with Gasteiger partial charge in [-0.25, -0.2) is 9.78 Å². The Bertz CT molecular complexity index is 979. The molecule has 0 aliphatic carbocycles. The van der Waals surface area contributed by atoms with Gasteiger partial charge in [-0.05, 0) is 25.8 Å². The fourth-order valence-corrected chi connectivity index (χ4v) is 4.17. The zero-order valence-corrected chi connectivity index (χ0v) is 18.3. The van der Waals surface area contributed by atoms with E-state index in [0.717, 1.165) is 50.5 Å². The van der Waals surface area contributed by atoms with Crippen molar-refractivity contribution in [2.75, 3.05) is 19.6 Å². The van der Waals surface area contributed by atoms with E-state index in [0.29, 0.717) is 0 Å². The molecule has 2 aliphatic heterocycles. The molecule has 1 N–H and O–H groups in total. The molecule has 174 valence electrons. The number of carbonyl (C=O) groups is 2. The van der Waals surface area contributed by atoms with Crippen LogP contribution >= 0.6 is 0 Å². The molecule has 7 nitrogen and oxygen atoms in total. The minimum Gasteiger partial charge on any atom is -0.475 e. The highest BCUT2D eigenvalue weighted by atomic mass is 19.4. The van der Waals surface area contributed by atoms with Crippen molar-refractivity contribution >= 4 is 11.9 Å². The summed E-state index contributed by atoms with van der Waals surface area (Å²) in [6.45, 7) is 8.53. The molecule has 0 bridgehead atoms. The summed E-state index contributed by atoms with van der Waals surface area (Å²) in [6, 6.07) is 6.69. The molecule has 1 amide bonds. The number of carboxylic acids is 1. The summed E-state index contributed by atoms with van der Waals surface area (Å²) in [6.07, 6.45) is -2.11. The predicted octanol–water partition coefficient (Wildman–Crippen LogP) is 3.00. The number of alkyl halides is 3. The van der Waals surface area contributed by atoms with Gasteiger partial charge in [-0.3, -0.25) is 9.69 Å². The Morgan fingerprint density at radius 2 is 1.75 bits per heavy atom. The van der Waals surface area contributed by atoms with Crippen molar-refractivity contribution in [1.82, 2.24) is 19.4 Å². The van der Waals surface area contributed by atoms with Crippen LogP contribution in [0.2, 0.25) is 0 Å². The number of aromatic nitrogens is 2. The third-order valence-corrected chi connectivity index (χ3v) is 5.60. The maximum atomic E-state index is 13.0. The topological polar surface area (TPSA) is 78.7 Å². The molecule has 0 spiro atoms. The molecule has 1 saturated heterocycles. The highest BCUT2D eigenvalue weighted by Gasteiger charge is 2.38. The molecule has 3 heterocycles. The van der Waals surface area contributed by atoms with Gasteiger partial charge in [-0.2, -0.15) is 13.2 Å². The summed E-state index contributed by atoms with van der Waals surface area (Å²) in [5.41, 5.74) is 6.05. The largest absolute Gasteiger partial charge is 0.490 e. The summed E-state index contributed by atoms with van der Waals surface area (Å²) in [5, 5.41) is 7.12. The quantitative estimate of drug-likeness (QED) is 0.775. The van der Waals surface area contributed by atoms with Gasteiger partial charge in [0, 0.05) is 39.8 Å². The lowest BCUT2D eigenvalue weighted by molar-refractivity contribution is -0.192. The number of aliphatic carboxylic acids is 1. The van der Waals surface area contributed by atoms with Gasteiger partial charge < -0.3 is 14.6 Å². The van der Waals surface area contributed by atoms with Crippen LogP contribution in [0.4, 0.5) is 13.2 Å². The van der Waals surface area contributed by atoms with Gasteiger partial charge >= 0.3 is 12.1 Å². The van der Waals surface area contributed by atoms with Crippen LogP contribution in [0.25, 0.3) is 0 Å². The van der Waals surface area contributed by atoms with Gasteiger partial charge in [0.1, 0.15) is 0 Å². The molecule has 1 unspecified atom stereocenters. The third-order valence-electron chi connectivity index (χ3n) is 5.60. The number of rotatable bonds is 3. The molecule has 1 aromatic heterocycles. The summed E-state index contributed by atoms with van der Waals surface area (Å²) in [5.74, 6) is -2.59. The number of benzene rings is 1. The van der Waals surface area contributed by atoms with Crippen molar-refractivity contribution in [3.63, 3.8) is 0 Å². The highest BCUT2D eigenvalue weighted by Crippen LogP contribution is 2.31. The average molecular weight is 452 g/mol. The minimum absolute atomic E-state index is 0.0949. The van der Waals surface area contributed by atoms with Gasteiger partial charge in [0.2, 0.25) is 5.91 Å². The first-order chi connectivity index (χ1) is 15.0. The Kier molecular flexibility index (Phi) is 6.92. The van der Waals surface area contributed by atoms with Crippen LogP contribution in [0.3, 0.4) is 0 Å². The van der Waals surface area contributed by atoms with Gasteiger partial charge in [0.25, 0.3) is 0 Å². The summed E-state index contributed by atoms with van der Waals surface area (Å²) in [7, 11) is 2.00. The molecular weight excluding hydrogens is 425 g/mol. The number of likely N-dealkylation sites (tertiary alicyclic amines) is 1. The van der Waals surface area contributed by atoms with Gasteiger partial charge in [0.05, 0.1) is 23.6 Å². The second kappa shape index (κ2) is 9.32. The number of halogens is 3. The Balaban J connectivity index is 0.000000360. The number of amides is 1. The number of nitrogens with zero attached hydrogens (tertiary/aromatic N) is 4. The molecule has 1 fully saturated rings. The number of carbonyl (C=O) groups excluding carboxylic acids is 1. The third kappa shape index (κ3) is 5.48. The summed E-state index contributed by atoms with van der Waals surface area (Å²) < 4.78 is 33.8. The smallest absolute Gasteiger partial charge is 0.475 e. The van der Waals surface area contributed by atoms with E-state index in [2.05, 4.69) is 41.9 Å². The molecule has 4 rings (SSSR count). The predicted molar refractivity (Wildman–Crippen MR) is 111 cm³/mol. The van der Waals surface area contributed by atoms with Crippen LogP contribution in [0.1, 0.15) is 40.4 Å². The lowest BCUT2D eigenvalue weighted by atomic mass is 9.94. The van der Waals surface area contributed by atoms with Gasteiger partial charge in [-0.15, -0.1) is 0 Å². The first-order valence-corrected chi connectivity index (χ1v) is 10.3. The molecule has 2 aliphatic rings. The zero-order valence-electron chi connectivity index (χ0n) is 18.3. The van der Waals surface area contributed by atoms with Crippen LogP contribution < -0.4 is 0 Å². The zero-order chi connectivity index (χ0) is 23.6. The second-order valence-corrected chi connectivity index (χ2v) is 8.39. The van der Waals surface area contributed by atoms with Crippen molar-refractivity contribution in [2.45, 2.75) is 45.5 Å². The second-order valence-electron chi connectivity index (χ2n) is 8.39. The summed E-state index contributed by atoms with van der Waals surface area (Å²) in [4.78, 5) is 30.8. The van der Waals surface area contributed by atoms with Crippen LogP contribution in [0.5, 0.6) is 0 Å². The normalized spacial score (nSPS) is 18.3. The van der Waals surface area contributed by atoms with E-state index in [-0.39, 0.29) is 11.8 Å². The van der Waals surface area contributed by atoms with E-state index in [1.807, 2.05) is 22.8 Å². The number of carboxylic acid groups (broad SMARTS) is 1. The SMILES string of the molecule is Cc1cc(C)cc(CN2Cc3ncn(C)c3C(C(=O)N3CCC3)C2)c1.O=C(O)C(F)(F)F. The minimum atomic E-state index is -5.08. The molecule has 2 aromatic rings. The Labute approximate surface area is 184 Å². The van der Waals surface area contributed by atoms with Crippen molar-refractivity contribution < 1.29 is 27.9 Å². The van der Waals surface area contributed by atoms with E-state index in [9.17, 15) is 18.0 Å². The highest BCUT2D eigenvalue weighted by molar-refractivity contribution is 5.84. The lowest BCUT2D eigenvalue weighted by Crippen LogP contribution is -2.48. The van der Waals surface area contributed by atoms with Crippen molar-refractivity contribution in [3.8, 4) is 0 Å². The fourth-order valence-electron chi connectivity index (χ4n) is 4.17. The number of hydrogen-bond acceptors (Lipinski definition) is 4. The molecule has 10 heteroatoms. The number of fused-ring (bicyclic) bond motifs is 1. The molecule has 0 radical (unpaired) electrons. The maximum Gasteiger partial charge on any atom is 0.490 e. The van der Waals surface area contributed by atoms with Gasteiger partial charge in [-0.1, -0.05) is 29.3 Å². The Morgan fingerprint density at radius 3 is 2.25 bits per heavy atom. The lowest BCUT2D eigenvalue weighted by Gasteiger charge is -2.38. The molecule has 0 saturated carbocycles. The number of imidazole rings is 1. The van der Waals surface area contributed by atoms with E-state index in [1.165, 1.54) is 16.7 Å². The monoisotopic (exact) mass is 452 g/mol. The fraction of sp³-hybridized carbons (Fsp3) is 0.500. The van der Waals surface area contributed by atoms with Crippen molar-refractivity contribution in [3.05, 3.63) is 52.6 Å². The van der Waals surface area contributed by atoms with Crippen LogP contribution in [-0.2, 0) is 29.7 Å². The molecule has 32 heavy (non-hydrogen) atoms. The number of hydrogen-bond donors (Lipinski definition) is 1. The first-order valence-electron chi connectivity index (χ1n) is 10.3. The Morgan fingerprint density at radius 1 is 1.16 bits per heavy atom. The van der Waals surface area contributed by atoms with E-state index < -0.39 is 12.1 Å². The van der Waals surface area contributed by atoms with Crippen LogP contribution in [0, 0.1) is 13.8 Å². The van der Waals surface area contributed by atoms with E-state index in [4.69, 9.17) is 9.90 Å².